The number of aromatic nitrogens is 1. The third-order valence-corrected chi connectivity index (χ3v) is 2.21. The van der Waals surface area contributed by atoms with Crippen LogP contribution in [-0.2, 0) is 9.53 Å². The number of hydrogen-bond donors (Lipinski definition) is 1. The second-order valence-corrected chi connectivity index (χ2v) is 3.54. The number of ether oxygens (including phenoxy) is 1. The Kier molecular flexibility index (Phi) is 3.66. The minimum absolute atomic E-state index is 0.122. The second-order valence-electron chi connectivity index (χ2n) is 3.54. The van der Waals surface area contributed by atoms with Crippen molar-refractivity contribution in [2.75, 3.05) is 7.11 Å². The normalized spacial score (nSPS) is 12.2. The average Bonchev–Trinajstić information content (AvgIpc) is 2.21. The molecule has 1 unspecified atom stereocenters. The monoisotopic (exact) mass is 209 g/mol. The van der Waals surface area contributed by atoms with Crippen molar-refractivity contribution in [3.63, 3.8) is 0 Å². The fourth-order valence-corrected chi connectivity index (χ4v) is 1.36. The number of hydrogen-bond acceptors (Lipinski definition) is 4. The van der Waals surface area contributed by atoms with Crippen LogP contribution in [0.25, 0.3) is 0 Å². The number of methoxy groups -OCH3 is 1. The Morgan fingerprint density at radius 2 is 2.27 bits per heavy atom. The standard InChI is InChI=1S/C11H15NO3/c1-7(6-10(14)15-3)11-9(13)5-4-8(2)12-11/h4-5,7,13H,6H2,1-3H3. The molecule has 4 nitrogen and oxygen atoms in total. The first-order valence-electron chi connectivity index (χ1n) is 4.78. The van der Waals surface area contributed by atoms with Crippen molar-refractivity contribution in [1.29, 1.82) is 0 Å². The molecule has 1 atom stereocenters. The molecule has 0 spiro atoms. The number of aryl methyl sites for hydroxylation is 1. The quantitative estimate of drug-likeness (QED) is 0.770. The maximum Gasteiger partial charge on any atom is 0.306 e. The van der Waals surface area contributed by atoms with E-state index in [2.05, 4.69) is 9.72 Å². The van der Waals surface area contributed by atoms with E-state index in [1.54, 1.807) is 12.1 Å². The van der Waals surface area contributed by atoms with Crippen molar-refractivity contribution in [2.24, 2.45) is 0 Å². The Morgan fingerprint density at radius 3 is 2.87 bits per heavy atom. The van der Waals surface area contributed by atoms with Gasteiger partial charge in [0.25, 0.3) is 0 Å². The summed E-state index contributed by atoms with van der Waals surface area (Å²) >= 11 is 0. The first kappa shape index (κ1) is 11.5. The van der Waals surface area contributed by atoms with Crippen molar-refractivity contribution in [1.82, 2.24) is 4.98 Å². The van der Waals surface area contributed by atoms with Gasteiger partial charge in [-0.15, -0.1) is 0 Å². The van der Waals surface area contributed by atoms with Crippen LogP contribution in [0.4, 0.5) is 0 Å². The van der Waals surface area contributed by atoms with Gasteiger partial charge in [0, 0.05) is 11.6 Å². The summed E-state index contributed by atoms with van der Waals surface area (Å²) in [6, 6.07) is 3.31. The van der Waals surface area contributed by atoms with E-state index in [0.29, 0.717) is 5.69 Å². The summed E-state index contributed by atoms with van der Waals surface area (Å²) in [5.74, 6) is -0.320. The summed E-state index contributed by atoms with van der Waals surface area (Å²) < 4.78 is 4.56. The summed E-state index contributed by atoms with van der Waals surface area (Å²) in [4.78, 5) is 15.3. The molecule has 15 heavy (non-hydrogen) atoms. The van der Waals surface area contributed by atoms with Gasteiger partial charge in [-0.1, -0.05) is 6.92 Å². The summed E-state index contributed by atoms with van der Waals surface area (Å²) in [7, 11) is 1.35. The Bertz CT molecular complexity index is 363. The topological polar surface area (TPSA) is 59.4 Å². The van der Waals surface area contributed by atoms with Crippen molar-refractivity contribution in [2.45, 2.75) is 26.2 Å². The third-order valence-electron chi connectivity index (χ3n) is 2.21. The third kappa shape index (κ3) is 2.94. The number of aromatic hydroxyl groups is 1. The molecule has 1 N–H and O–H groups in total. The molecule has 0 aliphatic carbocycles. The van der Waals surface area contributed by atoms with Crippen LogP contribution in [0, 0.1) is 6.92 Å². The van der Waals surface area contributed by atoms with Gasteiger partial charge in [-0.05, 0) is 19.1 Å². The lowest BCUT2D eigenvalue weighted by molar-refractivity contribution is -0.141. The zero-order valence-electron chi connectivity index (χ0n) is 9.15. The molecule has 0 aliphatic rings. The smallest absolute Gasteiger partial charge is 0.306 e. The molecular weight excluding hydrogens is 194 g/mol. The highest BCUT2D eigenvalue weighted by molar-refractivity contribution is 5.70. The van der Waals surface area contributed by atoms with Gasteiger partial charge < -0.3 is 9.84 Å². The number of rotatable bonds is 3. The lowest BCUT2D eigenvalue weighted by atomic mass is 10.0. The van der Waals surface area contributed by atoms with Crippen LogP contribution in [0.5, 0.6) is 5.75 Å². The van der Waals surface area contributed by atoms with E-state index in [1.165, 1.54) is 7.11 Å². The van der Waals surface area contributed by atoms with Gasteiger partial charge in [0.05, 0.1) is 19.2 Å². The van der Waals surface area contributed by atoms with E-state index in [0.717, 1.165) is 5.69 Å². The Balaban J connectivity index is 2.85. The lowest BCUT2D eigenvalue weighted by Crippen LogP contribution is -2.07. The van der Waals surface area contributed by atoms with Crippen LogP contribution in [0.3, 0.4) is 0 Å². The van der Waals surface area contributed by atoms with Gasteiger partial charge in [-0.25, -0.2) is 0 Å². The average molecular weight is 209 g/mol. The number of pyridine rings is 1. The van der Waals surface area contributed by atoms with Crippen LogP contribution in [0.1, 0.15) is 30.7 Å². The number of carbonyl (C=O) groups excluding carboxylic acids is 1. The van der Waals surface area contributed by atoms with E-state index in [1.807, 2.05) is 13.8 Å². The van der Waals surface area contributed by atoms with Gasteiger partial charge in [0.1, 0.15) is 5.75 Å². The van der Waals surface area contributed by atoms with Crippen LogP contribution >= 0.6 is 0 Å². The predicted molar refractivity (Wildman–Crippen MR) is 55.7 cm³/mol. The minimum atomic E-state index is -0.301. The van der Waals surface area contributed by atoms with E-state index < -0.39 is 0 Å². The summed E-state index contributed by atoms with van der Waals surface area (Å²) in [6.07, 6.45) is 0.223. The molecule has 1 heterocycles. The van der Waals surface area contributed by atoms with Crippen molar-refractivity contribution in [3.8, 4) is 5.75 Å². The predicted octanol–water partition coefficient (Wildman–Crippen LogP) is 1.76. The zero-order chi connectivity index (χ0) is 11.4. The summed E-state index contributed by atoms with van der Waals surface area (Å²) in [6.45, 7) is 3.67. The molecule has 0 saturated carbocycles. The first-order valence-corrected chi connectivity index (χ1v) is 4.78. The molecular formula is C11H15NO3. The highest BCUT2D eigenvalue weighted by Gasteiger charge is 2.16. The van der Waals surface area contributed by atoms with Gasteiger partial charge in [-0.3, -0.25) is 9.78 Å². The SMILES string of the molecule is COC(=O)CC(C)c1nc(C)ccc1O. The molecule has 1 aromatic heterocycles. The van der Waals surface area contributed by atoms with Crippen molar-refractivity contribution >= 4 is 5.97 Å². The fourth-order valence-electron chi connectivity index (χ4n) is 1.36. The van der Waals surface area contributed by atoms with E-state index in [9.17, 15) is 9.90 Å². The van der Waals surface area contributed by atoms with Gasteiger partial charge >= 0.3 is 5.97 Å². The number of carbonyl (C=O) groups is 1. The van der Waals surface area contributed by atoms with Crippen LogP contribution < -0.4 is 0 Å². The van der Waals surface area contributed by atoms with E-state index >= 15 is 0 Å². The lowest BCUT2D eigenvalue weighted by Gasteiger charge is -2.11. The molecule has 0 aliphatic heterocycles. The molecule has 4 heteroatoms. The van der Waals surface area contributed by atoms with Crippen LogP contribution in [0.15, 0.2) is 12.1 Å². The maximum absolute atomic E-state index is 11.1. The molecule has 0 amide bonds. The van der Waals surface area contributed by atoms with Gasteiger partial charge in [-0.2, -0.15) is 0 Å². The van der Waals surface area contributed by atoms with E-state index in [4.69, 9.17) is 0 Å². The summed E-state index contributed by atoms with van der Waals surface area (Å²) in [5, 5.41) is 9.58. The Hall–Kier alpha value is -1.58. The van der Waals surface area contributed by atoms with E-state index in [-0.39, 0.29) is 24.1 Å². The van der Waals surface area contributed by atoms with Crippen LogP contribution in [-0.4, -0.2) is 23.2 Å². The van der Waals surface area contributed by atoms with Gasteiger partial charge in [0.2, 0.25) is 0 Å². The Morgan fingerprint density at radius 1 is 1.60 bits per heavy atom. The summed E-state index contributed by atoms with van der Waals surface area (Å²) in [5.41, 5.74) is 1.36. The molecule has 0 radical (unpaired) electrons. The van der Waals surface area contributed by atoms with Crippen LogP contribution in [0.2, 0.25) is 0 Å². The molecule has 0 saturated heterocycles. The molecule has 1 rings (SSSR count). The number of esters is 1. The molecule has 82 valence electrons. The fraction of sp³-hybridized carbons (Fsp3) is 0.455. The minimum Gasteiger partial charge on any atom is -0.506 e. The van der Waals surface area contributed by atoms with Crippen molar-refractivity contribution < 1.29 is 14.6 Å². The molecule has 1 aromatic rings. The van der Waals surface area contributed by atoms with Gasteiger partial charge in [0.15, 0.2) is 0 Å². The molecule has 0 fully saturated rings. The largest absolute Gasteiger partial charge is 0.506 e. The zero-order valence-corrected chi connectivity index (χ0v) is 9.15. The highest BCUT2D eigenvalue weighted by Crippen LogP contribution is 2.26. The maximum atomic E-state index is 11.1. The second kappa shape index (κ2) is 4.77. The number of nitrogens with zero attached hydrogens (tertiary/aromatic N) is 1. The first-order chi connectivity index (χ1) is 7.04. The van der Waals surface area contributed by atoms with Crippen molar-refractivity contribution in [3.05, 3.63) is 23.5 Å². The Labute approximate surface area is 88.9 Å². The highest BCUT2D eigenvalue weighted by atomic mass is 16.5. The molecule has 0 aromatic carbocycles. The molecule has 0 bridgehead atoms.